The maximum Gasteiger partial charge on any atom is 0.227 e. The van der Waals surface area contributed by atoms with Crippen LogP contribution in [0.5, 0.6) is 0 Å². The molecule has 0 saturated carbocycles. The molecule has 2 heterocycles. The van der Waals surface area contributed by atoms with Crippen LogP contribution in [0, 0.1) is 0 Å². The molecule has 0 saturated heterocycles. The molecular weight excluding hydrogens is 246 g/mol. The molecule has 0 fully saturated rings. The zero-order valence-electron chi connectivity index (χ0n) is 10.9. The lowest BCUT2D eigenvalue weighted by Gasteiger charge is -2.37. The third-order valence-corrected chi connectivity index (χ3v) is 4.32. The fourth-order valence-electron chi connectivity index (χ4n) is 3.20. The summed E-state index contributed by atoms with van der Waals surface area (Å²) in [6.07, 6.45) is 2.51. The number of rotatable bonds is 2. The van der Waals surface area contributed by atoms with Crippen LogP contribution in [-0.4, -0.2) is 18.3 Å². The molecule has 18 heavy (non-hydrogen) atoms. The Morgan fingerprint density at radius 2 is 2.17 bits per heavy atom. The topological polar surface area (TPSA) is 20.3 Å². The van der Waals surface area contributed by atoms with Crippen molar-refractivity contribution >= 4 is 23.2 Å². The standard InChI is InChI=1S/C15H18ClNO/c1-15(2)9-13(18)17-6-4-11-7-10(3-5-16)8-12(15)14(11)17/h7-8H,3-6,9H2,1-2H3. The van der Waals surface area contributed by atoms with Gasteiger partial charge >= 0.3 is 0 Å². The largest absolute Gasteiger partial charge is 0.311 e. The van der Waals surface area contributed by atoms with Gasteiger partial charge in [0, 0.05) is 24.3 Å². The molecule has 2 nitrogen and oxygen atoms in total. The van der Waals surface area contributed by atoms with Crippen molar-refractivity contribution < 1.29 is 4.79 Å². The van der Waals surface area contributed by atoms with Crippen LogP contribution in [0.15, 0.2) is 12.1 Å². The van der Waals surface area contributed by atoms with Crippen LogP contribution in [-0.2, 0) is 23.1 Å². The molecular formula is C15H18ClNO. The second-order valence-corrected chi connectivity index (χ2v) is 6.32. The fourth-order valence-corrected chi connectivity index (χ4v) is 3.42. The molecule has 0 unspecified atom stereocenters. The Balaban J connectivity index is 2.19. The zero-order valence-corrected chi connectivity index (χ0v) is 11.7. The summed E-state index contributed by atoms with van der Waals surface area (Å²) in [7, 11) is 0. The lowest BCUT2D eigenvalue weighted by Crippen LogP contribution is -2.40. The molecule has 0 aliphatic carbocycles. The van der Waals surface area contributed by atoms with Gasteiger partial charge in [-0.05, 0) is 29.5 Å². The number of halogens is 1. The average molecular weight is 264 g/mol. The number of nitrogens with zero attached hydrogens (tertiary/aromatic N) is 1. The summed E-state index contributed by atoms with van der Waals surface area (Å²) in [6.45, 7) is 5.18. The van der Waals surface area contributed by atoms with Gasteiger partial charge in [-0.3, -0.25) is 4.79 Å². The van der Waals surface area contributed by atoms with Crippen molar-refractivity contribution in [2.24, 2.45) is 0 Å². The smallest absolute Gasteiger partial charge is 0.227 e. The number of alkyl halides is 1. The van der Waals surface area contributed by atoms with Gasteiger partial charge in [-0.15, -0.1) is 11.6 Å². The number of carbonyl (C=O) groups is 1. The SMILES string of the molecule is CC1(C)CC(=O)N2CCc3cc(CCCl)cc1c32. The van der Waals surface area contributed by atoms with E-state index in [1.807, 2.05) is 4.90 Å². The third-order valence-electron chi connectivity index (χ3n) is 4.13. The summed E-state index contributed by atoms with van der Waals surface area (Å²) in [5, 5.41) is 0. The number of carbonyl (C=O) groups excluding carboxylic acids is 1. The second kappa shape index (κ2) is 3.99. The lowest BCUT2D eigenvalue weighted by atomic mass is 9.76. The van der Waals surface area contributed by atoms with Crippen LogP contribution in [0.25, 0.3) is 0 Å². The molecule has 0 bridgehead atoms. The van der Waals surface area contributed by atoms with Crippen LogP contribution in [0.3, 0.4) is 0 Å². The number of hydrogen-bond acceptors (Lipinski definition) is 1. The number of hydrogen-bond donors (Lipinski definition) is 0. The fraction of sp³-hybridized carbons (Fsp3) is 0.533. The van der Waals surface area contributed by atoms with Gasteiger partial charge in [0.1, 0.15) is 0 Å². The van der Waals surface area contributed by atoms with Gasteiger partial charge in [-0.1, -0.05) is 26.0 Å². The van der Waals surface area contributed by atoms with E-state index in [0.717, 1.165) is 19.4 Å². The van der Waals surface area contributed by atoms with Gasteiger partial charge in [0.05, 0.1) is 5.69 Å². The van der Waals surface area contributed by atoms with E-state index < -0.39 is 0 Å². The summed E-state index contributed by atoms with van der Waals surface area (Å²) in [5.74, 6) is 0.928. The Kier molecular flexibility index (Phi) is 2.67. The van der Waals surface area contributed by atoms with E-state index in [9.17, 15) is 4.79 Å². The molecule has 1 aromatic carbocycles. The number of anilines is 1. The molecule has 0 aromatic heterocycles. The number of benzene rings is 1. The predicted octanol–water partition coefficient (Wildman–Crippen LogP) is 3.04. The summed E-state index contributed by atoms with van der Waals surface area (Å²) >= 11 is 5.85. The highest BCUT2D eigenvalue weighted by atomic mass is 35.5. The minimum Gasteiger partial charge on any atom is -0.311 e. The molecule has 0 atom stereocenters. The third kappa shape index (κ3) is 1.66. The minimum atomic E-state index is -0.0513. The van der Waals surface area contributed by atoms with Crippen LogP contribution in [0.1, 0.15) is 37.0 Å². The van der Waals surface area contributed by atoms with Crippen molar-refractivity contribution in [2.45, 2.75) is 38.5 Å². The van der Waals surface area contributed by atoms with Crippen molar-refractivity contribution in [3.63, 3.8) is 0 Å². The highest BCUT2D eigenvalue weighted by Gasteiger charge is 2.40. The first-order valence-electron chi connectivity index (χ1n) is 6.55. The summed E-state index contributed by atoms with van der Waals surface area (Å²) in [4.78, 5) is 14.1. The molecule has 1 aromatic rings. The molecule has 0 radical (unpaired) electrons. The normalized spacial score (nSPS) is 20.2. The average Bonchev–Trinajstić information content (AvgIpc) is 2.70. The number of aryl methyl sites for hydroxylation is 1. The summed E-state index contributed by atoms with van der Waals surface area (Å²) in [6, 6.07) is 4.49. The Morgan fingerprint density at radius 3 is 2.89 bits per heavy atom. The quantitative estimate of drug-likeness (QED) is 0.751. The Hall–Kier alpha value is -1.02. The van der Waals surface area contributed by atoms with Crippen molar-refractivity contribution in [1.82, 2.24) is 0 Å². The zero-order chi connectivity index (χ0) is 12.9. The monoisotopic (exact) mass is 263 g/mol. The van der Waals surface area contributed by atoms with Gasteiger partial charge in [0.15, 0.2) is 0 Å². The van der Waals surface area contributed by atoms with E-state index in [0.29, 0.717) is 12.3 Å². The first kappa shape index (κ1) is 12.0. The summed E-state index contributed by atoms with van der Waals surface area (Å²) in [5.41, 5.74) is 5.10. The van der Waals surface area contributed by atoms with Crippen LogP contribution in [0.4, 0.5) is 5.69 Å². The van der Waals surface area contributed by atoms with Gasteiger partial charge in [-0.25, -0.2) is 0 Å². The van der Waals surface area contributed by atoms with Crippen molar-refractivity contribution in [3.8, 4) is 0 Å². The molecule has 0 N–H and O–H groups in total. The summed E-state index contributed by atoms with van der Waals surface area (Å²) < 4.78 is 0. The van der Waals surface area contributed by atoms with E-state index in [2.05, 4.69) is 26.0 Å². The van der Waals surface area contributed by atoms with Gasteiger partial charge < -0.3 is 4.90 Å². The molecule has 96 valence electrons. The van der Waals surface area contributed by atoms with Crippen LogP contribution < -0.4 is 4.90 Å². The van der Waals surface area contributed by atoms with E-state index in [1.54, 1.807) is 0 Å². The second-order valence-electron chi connectivity index (χ2n) is 5.95. The first-order chi connectivity index (χ1) is 8.53. The Bertz CT molecular complexity index is 521. The van der Waals surface area contributed by atoms with Gasteiger partial charge in [0.25, 0.3) is 0 Å². The van der Waals surface area contributed by atoms with Crippen molar-refractivity contribution in [3.05, 3.63) is 28.8 Å². The van der Waals surface area contributed by atoms with Gasteiger partial charge in [0.2, 0.25) is 5.91 Å². The van der Waals surface area contributed by atoms with Crippen molar-refractivity contribution in [2.75, 3.05) is 17.3 Å². The molecule has 3 rings (SSSR count). The molecule has 2 aliphatic heterocycles. The van der Waals surface area contributed by atoms with Crippen LogP contribution >= 0.6 is 11.6 Å². The van der Waals surface area contributed by atoms with Gasteiger partial charge in [-0.2, -0.15) is 0 Å². The predicted molar refractivity (Wildman–Crippen MR) is 74.6 cm³/mol. The molecule has 3 heteroatoms. The van der Waals surface area contributed by atoms with Crippen LogP contribution in [0.2, 0.25) is 0 Å². The van der Waals surface area contributed by atoms with E-state index in [-0.39, 0.29) is 11.3 Å². The highest BCUT2D eigenvalue weighted by molar-refractivity contribution is 6.18. The van der Waals surface area contributed by atoms with Crippen molar-refractivity contribution in [1.29, 1.82) is 0 Å². The molecule has 2 aliphatic rings. The minimum absolute atomic E-state index is 0.0513. The number of amides is 1. The molecule has 1 amide bonds. The highest BCUT2D eigenvalue weighted by Crippen LogP contribution is 2.45. The molecule has 0 spiro atoms. The first-order valence-corrected chi connectivity index (χ1v) is 7.09. The Labute approximate surface area is 113 Å². The maximum atomic E-state index is 12.2. The van der Waals surface area contributed by atoms with E-state index >= 15 is 0 Å². The maximum absolute atomic E-state index is 12.2. The van der Waals surface area contributed by atoms with E-state index in [1.165, 1.54) is 22.4 Å². The lowest BCUT2D eigenvalue weighted by molar-refractivity contribution is -0.120. The van der Waals surface area contributed by atoms with E-state index in [4.69, 9.17) is 11.6 Å². The Morgan fingerprint density at radius 1 is 1.39 bits per heavy atom.